The highest BCUT2D eigenvalue weighted by atomic mass is 35.5. The van der Waals surface area contributed by atoms with Crippen molar-refractivity contribution in [2.75, 3.05) is 31.9 Å². The number of nitrogen functional groups attached to an aromatic ring is 1. The second kappa shape index (κ2) is 7.21. The molecule has 1 aromatic carbocycles. The highest BCUT2D eigenvalue weighted by Gasteiger charge is 2.45. The Labute approximate surface area is 171 Å². The average molecular weight is 428 g/mol. The maximum atomic E-state index is 13.0. The van der Waals surface area contributed by atoms with Gasteiger partial charge in [0.2, 0.25) is 0 Å². The monoisotopic (exact) mass is 427 g/mol. The van der Waals surface area contributed by atoms with Gasteiger partial charge in [-0.1, -0.05) is 11.6 Å². The van der Waals surface area contributed by atoms with E-state index in [1.54, 1.807) is 11.0 Å². The zero-order valence-electron chi connectivity index (χ0n) is 15.6. The Kier molecular flexibility index (Phi) is 4.98. The third-order valence-corrected chi connectivity index (χ3v) is 5.93. The first kappa shape index (κ1) is 20.0. The summed E-state index contributed by atoms with van der Waals surface area (Å²) < 4.78 is 40.4. The molecule has 1 amide bonds. The van der Waals surface area contributed by atoms with Gasteiger partial charge < -0.3 is 10.6 Å². The number of aromatic nitrogens is 2. The summed E-state index contributed by atoms with van der Waals surface area (Å²) in [6, 6.07) is 3.47. The van der Waals surface area contributed by atoms with Crippen molar-refractivity contribution in [1.82, 2.24) is 19.6 Å². The lowest BCUT2D eigenvalue weighted by Gasteiger charge is -2.25. The minimum absolute atomic E-state index is 0.0419. The minimum Gasteiger partial charge on any atom is -0.396 e. The summed E-state index contributed by atoms with van der Waals surface area (Å²) in [6.45, 7) is 3.12. The number of anilines is 1. The Morgan fingerprint density at radius 1 is 1.21 bits per heavy atom. The Bertz CT molecular complexity index is 931. The fraction of sp³-hybridized carbons (Fsp3) is 0.474. The first-order valence-corrected chi connectivity index (χ1v) is 9.70. The van der Waals surface area contributed by atoms with Gasteiger partial charge in [-0.05, 0) is 43.1 Å². The highest BCUT2D eigenvalue weighted by molar-refractivity contribution is 6.30. The largest absolute Gasteiger partial charge is 0.416 e. The van der Waals surface area contributed by atoms with Crippen LogP contribution in [0, 0.1) is 5.41 Å². The van der Waals surface area contributed by atoms with Crippen molar-refractivity contribution >= 4 is 23.3 Å². The molecule has 1 spiro atoms. The van der Waals surface area contributed by atoms with Gasteiger partial charge in [0, 0.05) is 36.6 Å². The Morgan fingerprint density at radius 3 is 2.66 bits per heavy atom. The number of likely N-dealkylation sites (tertiary alicyclic amines) is 2. The first-order chi connectivity index (χ1) is 13.6. The maximum Gasteiger partial charge on any atom is 0.416 e. The first-order valence-electron chi connectivity index (χ1n) is 9.32. The number of nitrogens with two attached hydrogens (primary N) is 1. The molecule has 0 bridgehead atoms. The van der Waals surface area contributed by atoms with E-state index < -0.39 is 11.7 Å². The van der Waals surface area contributed by atoms with Crippen LogP contribution in [-0.2, 0) is 12.7 Å². The van der Waals surface area contributed by atoms with Crippen LogP contribution in [0.3, 0.4) is 0 Å². The van der Waals surface area contributed by atoms with Crippen LogP contribution in [-0.4, -0.2) is 51.8 Å². The second-order valence-corrected chi connectivity index (χ2v) is 8.42. The fourth-order valence-electron chi connectivity index (χ4n) is 4.34. The van der Waals surface area contributed by atoms with Gasteiger partial charge in [-0.2, -0.15) is 23.0 Å². The molecule has 2 N–H and O–H groups in total. The molecule has 6 nitrogen and oxygen atoms in total. The number of benzene rings is 1. The van der Waals surface area contributed by atoms with Crippen molar-refractivity contribution in [3.63, 3.8) is 0 Å². The molecule has 1 unspecified atom stereocenters. The number of alkyl halides is 3. The number of hydrogen-bond acceptors (Lipinski definition) is 4. The van der Waals surface area contributed by atoms with E-state index in [0.29, 0.717) is 30.9 Å². The van der Waals surface area contributed by atoms with Crippen LogP contribution >= 0.6 is 11.6 Å². The fourth-order valence-corrected chi connectivity index (χ4v) is 4.60. The molecule has 2 aliphatic rings. The van der Waals surface area contributed by atoms with Gasteiger partial charge in [-0.15, -0.1) is 0 Å². The summed E-state index contributed by atoms with van der Waals surface area (Å²) >= 11 is 5.90. The molecule has 1 atom stereocenters. The number of rotatable bonds is 2. The molecular formula is C19H21ClF3N5O. The molecule has 156 valence electrons. The predicted molar refractivity (Wildman–Crippen MR) is 102 cm³/mol. The summed E-state index contributed by atoms with van der Waals surface area (Å²) in [4.78, 5) is 16.5. The average Bonchev–Trinajstić information content (AvgIpc) is 3.35. The zero-order valence-corrected chi connectivity index (χ0v) is 16.4. The molecular weight excluding hydrogens is 407 g/mol. The summed E-state index contributed by atoms with van der Waals surface area (Å²) in [6.07, 6.45) is 0.251. The topological polar surface area (TPSA) is 67.4 Å². The number of carbonyl (C=O) groups is 1. The van der Waals surface area contributed by atoms with Crippen LogP contribution < -0.4 is 5.73 Å². The molecule has 4 rings (SSSR count). The Hall–Kier alpha value is -2.26. The molecule has 0 saturated carbocycles. The van der Waals surface area contributed by atoms with Gasteiger partial charge in [0.1, 0.15) is 0 Å². The van der Waals surface area contributed by atoms with E-state index in [9.17, 15) is 18.0 Å². The summed E-state index contributed by atoms with van der Waals surface area (Å²) in [5.41, 5.74) is 5.83. The van der Waals surface area contributed by atoms with Crippen molar-refractivity contribution in [3.05, 3.63) is 46.7 Å². The van der Waals surface area contributed by atoms with Gasteiger partial charge in [-0.3, -0.25) is 4.90 Å². The number of nitrogens with zero attached hydrogens (tertiary/aromatic N) is 4. The van der Waals surface area contributed by atoms with E-state index in [0.717, 1.165) is 38.1 Å². The Balaban J connectivity index is 1.41. The molecule has 2 saturated heterocycles. The predicted octanol–water partition coefficient (Wildman–Crippen LogP) is 3.70. The SMILES string of the molecule is Nc1cnn(C(=O)N2CCC3(CCN(Cc4cc(Cl)cc(C(F)(F)F)c4)C3)C2)c1. The van der Waals surface area contributed by atoms with E-state index in [4.69, 9.17) is 17.3 Å². The summed E-state index contributed by atoms with van der Waals surface area (Å²) in [7, 11) is 0. The summed E-state index contributed by atoms with van der Waals surface area (Å²) in [5, 5.41) is 4.05. The van der Waals surface area contributed by atoms with Crippen LogP contribution in [0.4, 0.5) is 23.7 Å². The van der Waals surface area contributed by atoms with Crippen LogP contribution in [0.5, 0.6) is 0 Å². The van der Waals surface area contributed by atoms with Crippen molar-refractivity contribution < 1.29 is 18.0 Å². The van der Waals surface area contributed by atoms with E-state index >= 15 is 0 Å². The normalized spacial score (nSPS) is 22.7. The van der Waals surface area contributed by atoms with Crippen molar-refractivity contribution in [2.45, 2.75) is 25.6 Å². The van der Waals surface area contributed by atoms with Crippen LogP contribution in [0.2, 0.25) is 5.02 Å². The van der Waals surface area contributed by atoms with Crippen molar-refractivity contribution in [2.24, 2.45) is 5.41 Å². The lowest BCUT2D eigenvalue weighted by Crippen LogP contribution is -2.36. The van der Waals surface area contributed by atoms with Gasteiger partial charge in [0.25, 0.3) is 0 Å². The van der Waals surface area contributed by atoms with Crippen molar-refractivity contribution in [3.8, 4) is 0 Å². The number of amides is 1. The van der Waals surface area contributed by atoms with Crippen LogP contribution in [0.1, 0.15) is 24.0 Å². The number of hydrogen-bond donors (Lipinski definition) is 1. The molecule has 29 heavy (non-hydrogen) atoms. The number of halogens is 4. The molecule has 0 aliphatic carbocycles. The third-order valence-electron chi connectivity index (χ3n) is 5.72. The lowest BCUT2D eigenvalue weighted by molar-refractivity contribution is -0.137. The molecule has 10 heteroatoms. The molecule has 0 radical (unpaired) electrons. The second-order valence-electron chi connectivity index (χ2n) is 7.98. The third kappa shape index (κ3) is 4.20. The highest BCUT2D eigenvalue weighted by Crippen LogP contribution is 2.40. The summed E-state index contributed by atoms with van der Waals surface area (Å²) in [5.74, 6) is 0. The van der Waals surface area contributed by atoms with E-state index in [-0.39, 0.29) is 16.5 Å². The molecule has 2 aliphatic heterocycles. The van der Waals surface area contributed by atoms with Crippen LogP contribution in [0.25, 0.3) is 0 Å². The quantitative estimate of drug-likeness (QED) is 0.793. The minimum atomic E-state index is -4.42. The van der Waals surface area contributed by atoms with E-state index in [1.807, 2.05) is 0 Å². The van der Waals surface area contributed by atoms with Gasteiger partial charge in [0.15, 0.2) is 0 Å². The Morgan fingerprint density at radius 2 is 1.97 bits per heavy atom. The number of carbonyl (C=O) groups excluding carboxylic acids is 1. The molecule has 3 heterocycles. The van der Waals surface area contributed by atoms with Gasteiger partial charge in [-0.25, -0.2) is 4.79 Å². The molecule has 1 aromatic heterocycles. The lowest BCUT2D eigenvalue weighted by atomic mass is 9.86. The van der Waals surface area contributed by atoms with E-state index in [2.05, 4.69) is 10.00 Å². The zero-order chi connectivity index (χ0) is 20.8. The standard InChI is InChI=1S/C19H21ClF3N5O/c20-15-6-13(5-14(7-15)19(21,22)23)9-26-3-1-18(11-26)2-4-27(12-18)17(29)28-10-16(24)8-25-28/h5-8,10H,1-4,9,11-12,24H2. The van der Waals surface area contributed by atoms with Crippen molar-refractivity contribution in [1.29, 1.82) is 0 Å². The van der Waals surface area contributed by atoms with Gasteiger partial charge in [0.05, 0.1) is 23.6 Å². The van der Waals surface area contributed by atoms with E-state index in [1.165, 1.54) is 17.1 Å². The van der Waals surface area contributed by atoms with Gasteiger partial charge >= 0.3 is 12.2 Å². The maximum absolute atomic E-state index is 13.0. The molecule has 2 aromatic rings. The van der Waals surface area contributed by atoms with Crippen LogP contribution in [0.15, 0.2) is 30.6 Å². The smallest absolute Gasteiger partial charge is 0.396 e. The molecule has 2 fully saturated rings.